The van der Waals surface area contributed by atoms with Crippen molar-refractivity contribution in [1.29, 1.82) is 0 Å². The molecule has 1 aliphatic carbocycles. The monoisotopic (exact) mass is 301 g/mol. The van der Waals surface area contributed by atoms with Crippen molar-refractivity contribution in [1.82, 2.24) is 4.90 Å². The van der Waals surface area contributed by atoms with Gasteiger partial charge < -0.3 is 19.5 Å². The van der Waals surface area contributed by atoms with Crippen LogP contribution in [0.1, 0.15) is 37.3 Å². The molecule has 0 spiro atoms. The van der Waals surface area contributed by atoms with E-state index in [9.17, 15) is 5.11 Å². The Hall–Kier alpha value is -1.94. The van der Waals surface area contributed by atoms with Gasteiger partial charge in [-0.05, 0) is 24.5 Å². The highest BCUT2D eigenvalue weighted by atomic mass is 16.7. The van der Waals surface area contributed by atoms with Crippen molar-refractivity contribution in [2.24, 2.45) is 0 Å². The van der Waals surface area contributed by atoms with Gasteiger partial charge in [0.1, 0.15) is 18.1 Å². The lowest BCUT2D eigenvalue weighted by Crippen LogP contribution is -2.32. The topological polar surface area (TPSA) is 41.9 Å². The third kappa shape index (κ3) is 2.28. The van der Waals surface area contributed by atoms with Crippen LogP contribution in [0.5, 0.6) is 0 Å². The molecule has 0 radical (unpaired) electrons. The highest BCUT2D eigenvalue weighted by molar-refractivity contribution is 5.41. The van der Waals surface area contributed by atoms with E-state index in [0.717, 1.165) is 23.2 Å². The maximum Gasteiger partial charge on any atom is 0.276 e. The van der Waals surface area contributed by atoms with Crippen LogP contribution in [0, 0.1) is 0 Å². The average molecular weight is 301 g/mol. The maximum absolute atomic E-state index is 11.2. The lowest BCUT2D eigenvalue weighted by molar-refractivity contribution is -0.153. The number of ether oxygens (including phenoxy) is 2. The van der Waals surface area contributed by atoms with Crippen LogP contribution in [0.2, 0.25) is 0 Å². The molecule has 1 heterocycles. The van der Waals surface area contributed by atoms with E-state index in [1.807, 2.05) is 51.4 Å². The van der Waals surface area contributed by atoms with Crippen molar-refractivity contribution in [2.45, 2.75) is 37.6 Å². The van der Waals surface area contributed by atoms with Crippen molar-refractivity contribution in [3.05, 3.63) is 59.7 Å². The molecule has 2 aliphatic rings. The molecule has 22 heavy (non-hydrogen) atoms. The Morgan fingerprint density at radius 2 is 1.77 bits per heavy atom. The summed E-state index contributed by atoms with van der Waals surface area (Å²) in [5.74, 6) is -0.832. The number of allylic oxidation sites excluding steroid dienone is 1. The highest BCUT2D eigenvalue weighted by Crippen LogP contribution is 2.45. The van der Waals surface area contributed by atoms with E-state index in [4.69, 9.17) is 9.47 Å². The number of aliphatic hydroxyl groups is 1. The first-order valence-corrected chi connectivity index (χ1v) is 7.73. The summed E-state index contributed by atoms with van der Waals surface area (Å²) in [4.78, 5) is 2.06. The summed E-state index contributed by atoms with van der Waals surface area (Å²) >= 11 is 0. The summed E-state index contributed by atoms with van der Waals surface area (Å²) in [5.41, 5.74) is 1.92. The van der Waals surface area contributed by atoms with Crippen LogP contribution < -0.4 is 0 Å². The minimum atomic E-state index is -0.978. The number of nitrogens with zero attached hydrogens (tertiary/aromatic N) is 1. The van der Waals surface area contributed by atoms with Crippen molar-refractivity contribution in [3.8, 4) is 0 Å². The summed E-state index contributed by atoms with van der Waals surface area (Å²) in [6, 6.07) is 7.85. The molecule has 1 aromatic carbocycles. The molecule has 0 saturated carbocycles. The maximum atomic E-state index is 11.2. The Balaban J connectivity index is 2.06. The van der Waals surface area contributed by atoms with E-state index in [0.29, 0.717) is 12.8 Å². The van der Waals surface area contributed by atoms with Gasteiger partial charge in [-0.15, -0.1) is 0 Å². The van der Waals surface area contributed by atoms with E-state index < -0.39 is 11.4 Å². The summed E-state index contributed by atoms with van der Waals surface area (Å²) in [7, 11) is 4.01. The third-order valence-electron chi connectivity index (χ3n) is 4.58. The van der Waals surface area contributed by atoms with Gasteiger partial charge in [-0.25, -0.2) is 0 Å². The first-order valence-electron chi connectivity index (χ1n) is 7.73. The normalized spacial score (nSPS) is 25.5. The Bertz CT molecular complexity index is 613. The van der Waals surface area contributed by atoms with Gasteiger partial charge >= 0.3 is 0 Å². The van der Waals surface area contributed by atoms with E-state index in [-0.39, 0.29) is 0 Å². The predicted molar refractivity (Wildman–Crippen MR) is 84.6 cm³/mol. The molecular weight excluding hydrogens is 278 g/mol. The minimum Gasteiger partial charge on any atom is -0.453 e. The van der Waals surface area contributed by atoms with Crippen LogP contribution in [0.3, 0.4) is 0 Å². The Morgan fingerprint density at radius 3 is 2.32 bits per heavy atom. The minimum absolute atomic E-state index is 0.664. The van der Waals surface area contributed by atoms with Gasteiger partial charge in [0.15, 0.2) is 0 Å². The Kier molecular flexibility index (Phi) is 3.65. The fourth-order valence-corrected chi connectivity index (χ4v) is 3.28. The van der Waals surface area contributed by atoms with E-state index in [2.05, 4.69) is 4.90 Å². The van der Waals surface area contributed by atoms with Crippen molar-refractivity contribution in [2.75, 3.05) is 14.1 Å². The van der Waals surface area contributed by atoms with Gasteiger partial charge in [-0.2, -0.15) is 0 Å². The summed E-state index contributed by atoms with van der Waals surface area (Å²) in [6.45, 7) is 2.02. The lowest BCUT2D eigenvalue weighted by atomic mass is 9.85. The quantitative estimate of drug-likeness (QED) is 0.927. The first-order chi connectivity index (χ1) is 10.5. The summed E-state index contributed by atoms with van der Waals surface area (Å²) < 4.78 is 11.5. The van der Waals surface area contributed by atoms with Gasteiger partial charge in [0.05, 0.1) is 0 Å². The predicted octanol–water partition coefficient (Wildman–Crippen LogP) is 3.19. The first kappa shape index (κ1) is 15.0. The standard InChI is InChI=1S/C18H23NO3/c1-4-18(21-11-12-22-18)16-8-6-5-7-15(16)17(20)10-9-14(13-17)19(2)3/h5-8,11-13,20H,4,9-10H2,1-3H3. The zero-order chi connectivity index (χ0) is 15.8. The van der Waals surface area contributed by atoms with Crippen LogP contribution >= 0.6 is 0 Å². The fourth-order valence-electron chi connectivity index (χ4n) is 3.28. The van der Waals surface area contributed by atoms with Gasteiger partial charge in [-0.3, -0.25) is 0 Å². The number of hydrogen-bond donors (Lipinski definition) is 1. The van der Waals surface area contributed by atoms with Crippen molar-refractivity contribution < 1.29 is 14.6 Å². The Morgan fingerprint density at radius 1 is 1.14 bits per heavy atom. The van der Waals surface area contributed by atoms with Crippen LogP contribution in [-0.4, -0.2) is 24.1 Å². The molecule has 0 amide bonds. The second-order valence-electron chi connectivity index (χ2n) is 6.11. The number of hydrogen-bond acceptors (Lipinski definition) is 4. The molecule has 1 atom stereocenters. The number of benzene rings is 1. The van der Waals surface area contributed by atoms with Gasteiger partial charge in [0.25, 0.3) is 5.79 Å². The Labute approximate surface area is 131 Å². The lowest BCUT2D eigenvalue weighted by Gasteiger charge is -2.32. The molecule has 0 saturated heterocycles. The van der Waals surface area contributed by atoms with Gasteiger partial charge in [0, 0.05) is 31.8 Å². The molecule has 4 nitrogen and oxygen atoms in total. The zero-order valence-electron chi connectivity index (χ0n) is 13.4. The SMILES string of the molecule is CCC1(c2ccccc2C2(O)C=C(N(C)C)CC2)OC=CO1. The van der Waals surface area contributed by atoms with Crippen LogP contribution in [0.4, 0.5) is 0 Å². The third-order valence-corrected chi connectivity index (χ3v) is 4.58. The second-order valence-corrected chi connectivity index (χ2v) is 6.11. The van der Waals surface area contributed by atoms with Crippen molar-refractivity contribution >= 4 is 0 Å². The molecule has 3 rings (SSSR count). The van der Waals surface area contributed by atoms with Crippen LogP contribution in [-0.2, 0) is 20.9 Å². The molecule has 1 unspecified atom stereocenters. The molecule has 118 valence electrons. The zero-order valence-corrected chi connectivity index (χ0v) is 13.4. The smallest absolute Gasteiger partial charge is 0.276 e. The largest absolute Gasteiger partial charge is 0.453 e. The molecule has 1 aromatic rings. The molecule has 0 aromatic heterocycles. The fraction of sp³-hybridized carbons (Fsp3) is 0.444. The van der Waals surface area contributed by atoms with Crippen LogP contribution in [0.25, 0.3) is 0 Å². The van der Waals surface area contributed by atoms with Crippen molar-refractivity contribution in [3.63, 3.8) is 0 Å². The molecule has 1 N–H and O–H groups in total. The van der Waals surface area contributed by atoms with E-state index in [1.54, 1.807) is 12.5 Å². The molecule has 4 heteroatoms. The average Bonchev–Trinajstić information content (AvgIpc) is 3.15. The van der Waals surface area contributed by atoms with E-state index in [1.165, 1.54) is 0 Å². The second kappa shape index (κ2) is 5.36. The highest BCUT2D eigenvalue weighted by Gasteiger charge is 2.43. The number of rotatable bonds is 4. The molecule has 0 fully saturated rings. The van der Waals surface area contributed by atoms with Crippen LogP contribution in [0.15, 0.2) is 48.6 Å². The van der Waals surface area contributed by atoms with Gasteiger partial charge in [-0.1, -0.05) is 31.2 Å². The van der Waals surface area contributed by atoms with E-state index >= 15 is 0 Å². The molecule has 1 aliphatic heterocycles. The summed E-state index contributed by atoms with van der Waals surface area (Å²) in [5, 5.41) is 11.2. The molecule has 0 bridgehead atoms. The molecular formula is C18H23NO3. The summed E-state index contributed by atoms with van der Waals surface area (Å²) in [6.07, 6.45) is 7.29. The van der Waals surface area contributed by atoms with Gasteiger partial charge in [0.2, 0.25) is 0 Å².